The summed E-state index contributed by atoms with van der Waals surface area (Å²) in [6.07, 6.45) is 0. The van der Waals surface area contributed by atoms with Crippen LogP contribution in [-0.2, 0) is 0 Å². The van der Waals surface area contributed by atoms with E-state index in [4.69, 9.17) is 0 Å². The van der Waals surface area contributed by atoms with Gasteiger partial charge in [0.2, 0.25) is 5.76 Å². The number of carbonyl (C=O) groups is 2. The van der Waals surface area contributed by atoms with Crippen molar-refractivity contribution in [3.63, 3.8) is 0 Å². The van der Waals surface area contributed by atoms with Gasteiger partial charge in [0.05, 0.1) is 5.56 Å². The first-order chi connectivity index (χ1) is 8.97. The molecule has 1 aromatic carbocycles. The number of Topliss-reactive ketones (excluding diaryl/α,β-unsaturated/α-hetero) is 1. The maximum Gasteiger partial charge on any atom is 0.259 e. The third-order valence-electron chi connectivity index (χ3n) is 2.27. The molecule has 7 heteroatoms. The molecule has 0 unspecified atom stereocenters. The predicted molar refractivity (Wildman–Crippen MR) is 60.8 cm³/mol. The van der Waals surface area contributed by atoms with Crippen molar-refractivity contribution in [1.82, 2.24) is 5.16 Å². The van der Waals surface area contributed by atoms with E-state index in [0.717, 1.165) is 12.1 Å². The molecule has 0 atom stereocenters. The van der Waals surface area contributed by atoms with Crippen LogP contribution in [0.25, 0.3) is 0 Å². The topological polar surface area (TPSA) is 72.2 Å². The van der Waals surface area contributed by atoms with E-state index >= 15 is 0 Å². The molecule has 98 valence electrons. The highest BCUT2D eigenvalue weighted by Gasteiger charge is 2.15. The summed E-state index contributed by atoms with van der Waals surface area (Å²) in [5.74, 6) is -3.02. The smallest absolute Gasteiger partial charge is 0.259 e. The molecule has 0 radical (unpaired) electrons. The average Bonchev–Trinajstić information content (AvgIpc) is 2.77. The Labute approximate surface area is 106 Å². The lowest BCUT2D eigenvalue weighted by molar-refractivity contribution is 0.0978. The minimum Gasteiger partial charge on any atom is -0.351 e. The molecule has 0 aliphatic heterocycles. The predicted octanol–water partition coefficient (Wildman–Crippen LogP) is 2.41. The Morgan fingerprint density at radius 2 is 2.00 bits per heavy atom. The van der Waals surface area contributed by atoms with Crippen LogP contribution in [0.2, 0.25) is 0 Å². The van der Waals surface area contributed by atoms with Crippen molar-refractivity contribution in [2.45, 2.75) is 6.92 Å². The van der Waals surface area contributed by atoms with Crippen molar-refractivity contribution in [1.29, 1.82) is 0 Å². The number of ketones is 1. The molecule has 0 fully saturated rings. The lowest BCUT2D eigenvalue weighted by Crippen LogP contribution is -2.14. The summed E-state index contributed by atoms with van der Waals surface area (Å²) < 4.78 is 30.7. The van der Waals surface area contributed by atoms with Gasteiger partial charge in [-0.3, -0.25) is 9.59 Å². The number of aromatic nitrogens is 1. The van der Waals surface area contributed by atoms with Gasteiger partial charge in [0.15, 0.2) is 11.6 Å². The van der Waals surface area contributed by atoms with Gasteiger partial charge in [0.25, 0.3) is 5.91 Å². The van der Waals surface area contributed by atoms with Gasteiger partial charge < -0.3 is 9.84 Å². The lowest BCUT2D eigenvalue weighted by atomic mass is 10.2. The normalized spacial score (nSPS) is 10.3. The Hall–Kier alpha value is -2.57. The molecule has 2 aromatic rings. The Morgan fingerprint density at radius 1 is 1.26 bits per heavy atom. The quantitative estimate of drug-likeness (QED) is 0.866. The zero-order valence-corrected chi connectivity index (χ0v) is 9.74. The van der Waals surface area contributed by atoms with E-state index in [1.807, 2.05) is 0 Å². The second-order valence-electron chi connectivity index (χ2n) is 3.71. The van der Waals surface area contributed by atoms with Gasteiger partial charge in [-0.25, -0.2) is 8.78 Å². The van der Waals surface area contributed by atoms with E-state index in [2.05, 4.69) is 15.0 Å². The van der Waals surface area contributed by atoms with Crippen LogP contribution in [0.15, 0.2) is 28.8 Å². The summed E-state index contributed by atoms with van der Waals surface area (Å²) in [5, 5.41) is 5.66. The van der Waals surface area contributed by atoms with E-state index in [0.29, 0.717) is 6.07 Å². The van der Waals surface area contributed by atoms with Crippen LogP contribution >= 0.6 is 0 Å². The number of amides is 1. The number of hydrogen-bond acceptors (Lipinski definition) is 4. The van der Waals surface area contributed by atoms with Gasteiger partial charge in [0, 0.05) is 19.1 Å². The minimum absolute atomic E-state index is 0.0288. The van der Waals surface area contributed by atoms with E-state index < -0.39 is 17.5 Å². The second-order valence-corrected chi connectivity index (χ2v) is 3.71. The second kappa shape index (κ2) is 4.97. The monoisotopic (exact) mass is 266 g/mol. The van der Waals surface area contributed by atoms with Crippen molar-refractivity contribution < 1.29 is 22.9 Å². The average molecular weight is 266 g/mol. The van der Waals surface area contributed by atoms with Gasteiger partial charge in [-0.05, 0) is 12.1 Å². The largest absolute Gasteiger partial charge is 0.351 e. The first-order valence-corrected chi connectivity index (χ1v) is 5.21. The summed E-state index contributed by atoms with van der Waals surface area (Å²) in [4.78, 5) is 22.6. The van der Waals surface area contributed by atoms with E-state index in [1.165, 1.54) is 13.0 Å². The molecule has 0 bridgehead atoms. The number of carbonyl (C=O) groups excluding carboxylic acids is 2. The third kappa shape index (κ3) is 2.82. The van der Waals surface area contributed by atoms with Crippen LogP contribution in [0.4, 0.5) is 14.6 Å². The Balaban J connectivity index is 2.18. The molecule has 1 aromatic heterocycles. The summed E-state index contributed by atoms with van der Waals surface area (Å²) >= 11 is 0. The maximum absolute atomic E-state index is 13.3. The number of benzene rings is 1. The third-order valence-corrected chi connectivity index (χ3v) is 2.27. The van der Waals surface area contributed by atoms with Crippen molar-refractivity contribution in [2.75, 3.05) is 5.32 Å². The van der Waals surface area contributed by atoms with Gasteiger partial charge >= 0.3 is 0 Å². The van der Waals surface area contributed by atoms with Crippen LogP contribution in [0.3, 0.4) is 0 Å². The first-order valence-electron chi connectivity index (χ1n) is 5.21. The molecule has 2 rings (SSSR count). The Bertz CT molecular complexity index is 652. The fraction of sp³-hybridized carbons (Fsp3) is 0.0833. The number of anilines is 1. The molecule has 19 heavy (non-hydrogen) atoms. The number of hydrogen-bond donors (Lipinski definition) is 1. The van der Waals surface area contributed by atoms with Crippen LogP contribution < -0.4 is 5.32 Å². The van der Waals surface area contributed by atoms with Crippen LogP contribution in [0.5, 0.6) is 0 Å². The zero-order valence-electron chi connectivity index (χ0n) is 9.74. The molecule has 0 saturated heterocycles. The molecule has 0 saturated carbocycles. The maximum atomic E-state index is 13.3. The minimum atomic E-state index is -0.993. The highest BCUT2D eigenvalue weighted by molar-refractivity contribution is 6.04. The van der Waals surface area contributed by atoms with Gasteiger partial charge in [-0.2, -0.15) is 0 Å². The molecule has 5 nitrogen and oxygen atoms in total. The molecule has 1 N–H and O–H groups in total. The van der Waals surface area contributed by atoms with Crippen molar-refractivity contribution in [3.05, 3.63) is 47.2 Å². The van der Waals surface area contributed by atoms with Crippen LogP contribution in [0, 0.1) is 11.6 Å². The number of rotatable bonds is 3. The first kappa shape index (κ1) is 12.9. The fourth-order valence-electron chi connectivity index (χ4n) is 1.36. The van der Waals surface area contributed by atoms with E-state index in [9.17, 15) is 18.4 Å². The fourth-order valence-corrected chi connectivity index (χ4v) is 1.36. The van der Waals surface area contributed by atoms with Crippen LogP contribution in [0.1, 0.15) is 27.8 Å². The van der Waals surface area contributed by atoms with Crippen LogP contribution in [-0.4, -0.2) is 16.8 Å². The molecule has 0 spiro atoms. The van der Waals surface area contributed by atoms with Crippen molar-refractivity contribution in [3.8, 4) is 0 Å². The molecule has 1 heterocycles. The van der Waals surface area contributed by atoms with Gasteiger partial charge in [-0.1, -0.05) is 5.16 Å². The standard InChI is InChI=1S/C12H8F2N2O3/c1-6(17)10-5-11(16-19-10)15-12(18)8-3-2-7(13)4-9(8)14/h2-5H,1H3,(H,15,16,18). The molecule has 0 aliphatic rings. The number of halogens is 2. The van der Waals surface area contributed by atoms with E-state index in [-0.39, 0.29) is 22.9 Å². The molecular formula is C12H8F2N2O3. The Kier molecular flexibility index (Phi) is 3.37. The molecule has 0 aliphatic carbocycles. The number of nitrogens with one attached hydrogen (secondary N) is 1. The van der Waals surface area contributed by atoms with Crippen molar-refractivity contribution >= 4 is 17.5 Å². The highest BCUT2D eigenvalue weighted by Crippen LogP contribution is 2.14. The lowest BCUT2D eigenvalue weighted by Gasteiger charge is -2.02. The SMILES string of the molecule is CC(=O)c1cc(NC(=O)c2ccc(F)cc2F)no1. The van der Waals surface area contributed by atoms with Gasteiger partial charge in [-0.15, -0.1) is 0 Å². The van der Waals surface area contributed by atoms with Gasteiger partial charge in [0.1, 0.15) is 11.6 Å². The Morgan fingerprint density at radius 3 is 2.58 bits per heavy atom. The zero-order chi connectivity index (χ0) is 14.0. The number of nitrogens with zero attached hydrogens (tertiary/aromatic N) is 1. The summed E-state index contributed by atoms with van der Waals surface area (Å²) in [6, 6.07) is 3.77. The van der Waals surface area contributed by atoms with Crippen molar-refractivity contribution in [2.24, 2.45) is 0 Å². The molecule has 1 amide bonds. The summed E-state index contributed by atoms with van der Waals surface area (Å²) in [6.45, 7) is 1.27. The summed E-state index contributed by atoms with van der Waals surface area (Å²) in [5.41, 5.74) is -0.339. The summed E-state index contributed by atoms with van der Waals surface area (Å²) in [7, 11) is 0. The van der Waals surface area contributed by atoms with E-state index in [1.54, 1.807) is 0 Å². The highest BCUT2D eigenvalue weighted by atomic mass is 19.1. The molecular weight excluding hydrogens is 258 g/mol.